The number of imidazole rings is 1. The molecule has 2 N–H and O–H groups in total. The van der Waals surface area contributed by atoms with E-state index in [0.717, 1.165) is 22.4 Å². The van der Waals surface area contributed by atoms with E-state index >= 15 is 0 Å². The molecule has 0 aliphatic rings. The van der Waals surface area contributed by atoms with Crippen molar-refractivity contribution in [2.45, 2.75) is 19.9 Å². The number of nitrogen functional groups attached to an aromatic ring is 1. The molecule has 7 heteroatoms. The largest absolute Gasteiger partial charge is 0.369 e. The van der Waals surface area contributed by atoms with Crippen LogP contribution in [0.1, 0.15) is 16.8 Å². The number of aryl methyl sites for hydroxylation is 1. The number of fused-ring (bicyclic) bond motifs is 1. The van der Waals surface area contributed by atoms with E-state index in [1.165, 1.54) is 22.0 Å². The molecule has 1 aromatic carbocycles. The number of nitrogens with zero attached hydrogens (tertiary/aromatic N) is 3. The first-order chi connectivity index (χ1) is 9.60. The summed E-state index contributed by atoms with van der Waals surface area (Å²) in [7, 11) is 0. The van der Waals surface area contributed by atoms with Gasteiger partial charge in [-0.15, -0.1) is 11.3 Å². The maximum absolute atomic E-state index is 13.9. The molecular weight excluding hydrogens is 282 g/mol. The minimum atomic E-state index is -0.932. The number of thiazole rings is 1. The summed E-state index contributed by atoms with van der Waals surface area (Å²) in [6.07, 6.45) is 2.67. The fourth-order valence-electron chi connectivity index (χ4n) is 2.05. The quantitative estimate of drug-likeness (QED) is 0.808. The Morgan fingerprint density at radius 1 is 1.35 bits per heavy atom. The van der Waals surface area contributed by atoms with E-state index in [1.807, 2.05) is 6.92 Å². The van der Waals surface area contributed by atoms with Crippen molar-refractivity contribution in [3.63, 3.8) is 0 Å². The van der Waals surface area contributed by atoms with Crippen LogP contribution in [0.3, 0.4) is 0 Å². The number of aromatic nitrogens is 3. The van der Waals surface area contributed by atoms with Gasteiger partial charge in [0.15, 0.2) is 11.6 Å². The molecule has 0 bridgehead atoms. The van der Waals surface area contributed by atoms with E-state index in [-0.39, 0.29) is 18.0 Å². The third kappa shape index (κ3) is 2.03. The highest BCUT2D eigenvalue weighted by Crippen LogP contribution is 2.25. The Morgan fingerprint density at radius 3 is 2.85 bits per heavy atom. The van der Waals surface area contributed by atoms with E-state index in [2.05, 4.69) is 9.97 Å². The van der Waals surface area contributed by atoms with Gasteiger partial charge in [0, 0.05) is 11.1 Å². The van der Waals surface area contributed by atoms with Crippen LogP contribution in [0.15, 0.2) is 18.3 Å². The molecule has 3 aromatic rings. The van der Waals surface area contributed by atoms with Gasteiger partial charge in [0.2, 0.25) is 5.95 Å². The van der Waals surface area contributed by atoms with Gasteiger partial charge in [0.05, 0.1) is 12.1 Å². The minimum absolute atomic E-state index is 0.0794. The Labute approximate surface area is 117 Å². The summed E-state index contributed by atoms with van der Waals surface area (Å²) in [5.41, 5.74) is 6.22. The summed E-state index contributed by atoms with van der Waals surface area (Å²) in [4.78, 5) is 9.44. The summed E-state index contributed by atoms with van der Waals surface area (Å²) in [6, 6.07) is 2.47. The van der Waals surface area contributed by atoms with Crippen LogP contribution in [0.5, 0.6) is 0 Å². The van der Waals surface area contributed by atoms with Crippen LogP contribution in [-0.2, 0) is 13.0 Å². The Kier molecular flexibility index (Phi) is 3.13. The van der Waals surface area contributed by atoms with Crippen LogP contribution in [-0.4, -0.2) is 14.5 Å². The molecule has 2 aromatic heterocycles. The summed E-state index contributed by atoms with van der Waals surface area (Å²) < 4.78 is 28.8. The molecular formula is C13H12F2N4S. The zero-order valence-corrected chi connectivity index (χ0v) is 11.5. The Bertz CT molecular complexity index is 778. The van der Waals surface area contributed by atoms with Crippen LogP contribution in [0.25, 0.3) is 11.0 Å². The molecule has 0 amide bonds. The highest BCUT2D eigenvalue weighted by atomic mass is 32.1. The van der Waals surface area contributed by atoms with Gasteiger partial charge in [0.25, 0.3) is 0 Å². The second-order valence-corrected chi connectivity index (χ2v) is 5.56. The predicted octanol–water partition coefficient (Wildman–Crippen LogP) is 2.96. The lowest BCUT2D eigenvalue weighted by molar-refractivity contribution is 0.512. The summed E-state index contributed by atoms with van der Waals surface area (Å²) in [6.45, 7) is 2.32. The number of hydrogen-bond acceptors (Lipinski definition) is 4. The molecule has 0 atom stereocenters. The Balaban J connectivity index is 2.10. The van der Waals surface area contributed by atoms with Crippen molar-refractivity contribution in [3.8, 4) is 0 Å². The van der Waals surface area contributed by atoms with Crippen molar-refractivity contribution in [1.29, 1.82) is 0 Å². The molecule has 4 nitrogen and oxygen atoms in total. The third-order valence-electron chi connectivity index (χ3n) is 3.07. The van der Waals surface area contributed by atoms with Crippen molar-refractivity contribution in [2.75, 3.05) is 5.73 Å². The molecule has 0 fully saturated rings. The van der Waals surface area contributed by atoms with Gasteiger partial charge in [0.1, 0.15) is 10.5 Å². The van der Waals surface area contributed by atoms with Crippen LogP contribution >= 0.6 is 11.3 Å². The van der Waals surface area contributed by atoms with E-state index in [4.69, 9.17) is 5.73 Å². The van der Waals surface area contributed by atoms with Gasteiger partial charge < -0.3 is 10.3 Å². The Hall–Kier alpha value is -2.02. The van der Waals surface area contributed by atoms with Crippen molar-refractivity contribution in [1.82, 2.24) is 14.5 Å². The van der Waals surface area contributed by atoms with Gasteiger partial charge >= 0.3 is 0 Å². The lowest BCUT2D eigenvalue weighted by Gasteiger charge is -2.04. The number of rotatable bonds is 3. The molecule has 3 rings (SSSR count). The van der Waals surface area contributed by atoms with Crippen LogP contribution in [0.2, 0.25) is 0 Å². The molecule has 0 saturated heterocycles. The lowest BCUT2D eigenvalue weighted by Crippen LogP contribution is -2.05. The maximum atomic E-state index is 13.9. The standard InChI is InChI=1S/C13H12F2N4S/c1-2-7-5-17-10(20-7)6-19-12-9(18-13(19)16)4-3-8(14)11(12)15/h3-5H,2,6H2,1H3,(H2,16,18). The van der Waals surface area contributed by atoms with E-state index in [1.54, 1.807) is 6.20 Å². The van der Waals surface area contributed by atoms with Gasteiger partial charge in [-0.3, -0.25) is 0 Å². The molecule has 0 unspecified atom stereocenters. The highest BCUT2D eigenvalue weighted by Gasteiger charge is 2.17. The van der Waals surface area contributed by atoms with Gasteiger partial charge in [-0.1, -0.05) is 6.92 Å². The maximum Gasteiger partial charge on any atom is 0.201 e. The molecule has 0 aliphatic carbocycles. The second kappa shape index (κ2) is 4.82. The van der Waals surface area contributed by atoms with Crippen molar-refractivity contribution >= 4 is 28.3 Å². The highest BCUT2D eigenvalue weighted by molar-refractivity contribution is 7.11. The van der Waals surface area contributed by atoms with Crippen molar-refractivity contribution in [3.05, 3.63) is 39.8 Å². The average molecular weight is 294 g/mol. The first kappa shape index (κ1) is 13.0. The van der Waals surface area contributed by atoms with Gasteiger partial charge in [-0.2, -0.15) is 0 Å². The number of nitrogens with two attached hydrogens (primary N) is 1. The van der Waals surface area contributed by atoms with Gasteiger partial charge in [-0.05, 0) is 18.6 Å². The number of hydrogen-bond donors (Lipinski definition) is 1. The summed E-state index contributed by atoms with van der Waals surface area (Å²) >= 11 is 1.53. The Morgan fingerprint density at radius 2 is 2.15 bits per heavy atom. The zero-order valence-electron chi connectivity index (χ0n) is 10.7. The minimum Gasteiger partial charge on any atom is -0.369 e. The van der Waals surface area contributed by atoms with E-state index in [0.29, 0.717) is 5.52 Å². The molecule has 0 spiro atoms. The molecule has 104 valence electrons. The van der Waals surface area contributed by atoms with E-state index < -0.39 is 11.6 Å². The second-order valence-electron chi connectivity index (χ2n) is 4.36. The predicted molar refractivity (Wildman–Crippen MR) is 74.7 cm³/mol. The summed E-state index contributed by atoms with van der Waals surface area (Å²) in [5.74, 6) is -1.69. The first-order valence-electron chi connectivity index (χ1n) is 6.13. The van der Waals surface area contributed by atoms with E-state index in [9.17, 15) is 8.78 Å². The van der Waals surface area contributed by atoms with Crippen molar-refractivity contribution in [2.24, 2.45) is 0 Å². The zero-order chi connectivity index (χ0) is 14.3. The average Bonchev–Trinajstić information content (AvgIpc) is 3.00. The molecule has 20 heavy (non-hydrogen) atoms. The fourth-order valence-corrected chi connectivity index (χ4v) is 2.91. The normalized spacial score (nSPS) is 11.3. The number of benzene rings is 1. The van der Waals surface area contributed by atoms with Crippen LogP contribution in [0, 0.1) is 11.6 Å². The molecule has 2 heterocycles. The van der Waals surface area contributed by atoms with Crippen LogP contribution < -0.4 is 5.73 Å². The van der Waals surface area contributed by atoms with Crippen LogP contribution in [0.4, 0.5) is 14.7 Å². The molecule has 0 aliphatic heterocycles. The monoisotopic (exact) mass is 294 g/mol. The smallest absolute Gasteiger partial charge is 0.201 e. The number of anilines is 1. The topological polar surface area (TPSA) is 56.7 Å². The van der Waals surface area contributed by atoms with Gasteiger partial charge in [-0.25, -0.2) is 18.7 Å². The third-order valence-corrected chi connectivity index (χ3v) is 4.20. The molecule has 0 saturated carbocycles. The van der Waals surface area contributed by atoms with Crippen molar-refractivity contribution < 1.29 is 8.78 Å². The first-order valence-corrected chi connectivity index (χ1v) is 6.95. The number of halogens is 2. The lowest BCUT2D eigenvalue weighted by atomic mass is 10.3. The fraction of sp³-hybridized carbons (Fsp3) is 0.231. The molecule has 0 radical (unpaired) electrons. The SMILES string of the molecule is CCc1cnc(Cn2c(N)nc3ccc(F)c(F)c32)s1. The summed E-state index contributed by atoms with van der Waals surface area (Å²) in [5, 5.41) is 0.788.